The molecule has 0 unspecified atom stereocenters. The Labute approximate surface area is 95.2 Å². The van der Waals surface area contributed by atoms with E-state index in [9.17, 15) is 9.18 Å². The van der Waals surface area contributed by atoms with Crippen molar-refractivity contribution in [3.63, 3.8) is 0 Å². The molecule has 0 aliphatic carbocycles. The first kappa shape index (κ1) is 12.4. The molecule has 0 aliphatic rings. The fourth-order valence-electron chi connectivity index (χ4n) is 1.37. The molecule has 1 rings (SSSR count). The fraction of sp³-hybridized carbons (Fsp3) is 0.308. The Morgan fingerprint density at radius 3 is 2.94 bits per heavy atom. The first-order chi connectivity index (χ1) is 7.65. The van der Waals surface area contributed by atoms with Crippen molar-refractivity contribution in [2.75, 3.05) is 6.54 Å². The van der Waals surface area contributed by atoms with Crippen LogP contribution in [0.5, 0.6) is 0 Å². The summed E-state index contributed by atoms with van der Waals surface area (Å²) in [5.74, 6) is -0.606. The molecular weight excluding hydrogens is 205 g/mol. The molecule has 1 amide bonds. The third-order valence-electron chi connectivity index (χ3n) is 2.28. The summed E-state index contributed by atoms with van der Waals surface area (Å²) in [6, 6.07) is 4.22. The molecule has 1 N–H and O–H groups in total. The number of amides is 1. The van der Waals surface area contributed by atoms with Crippen molar-refractivity contribution in [2.45, 2.75) is 20.3 Å². The summed E-state index contributed by atoms with van der Waals surface area (Å²) in [7, 11) is 0. The van der Waals surface area contributed by atoms with Crippen molar-refractivity contribution in [1.82, 2.24) is 5.32 Å². The lowest BCUT2D eigenvalue weighted by molar-refractivity contribution is 0.0953. The smallest absolute Gasteiger partial charge is 0.251 e. The number of hydrogen-bond acceptors (Lipinski definition) is 1. The molecule has 0 atom stereocenters. The van der Waals surface area contributed by atoms with Crippen LogP contribution in [-0.2, 0) is 0 Å². The maximum Gasteiger partial charge on any atom is 0.251 e. The Kier molecular flexibility index (Phi) is 4.70. The highest BCUT2D eigenvalue weighted by molar-refractivity contribution is 5.95. The molecule has 0 radical (unpaired) electrons. The fourth-order valence-corrected chi connectivity index (χ4v) is 1.37. The Balaban J connectivity index is 2.62. The normalized spacial score (nSPS) is 10.7. The Bertz CT molecular complexity index is 399. The Hall–Kier alpha value is -1.64. The van der Waals surface area contributed by atoms with Crippen LogP contribution in [0.1, 0.15) is 29.3 Å². The quantitative estimate of drug-likeness (QED) is 0.614. The number of allylic oxidation sites excluding steroid dienone is 1. The van der Waals surface area contributed by atoms with E-state index in [1.165, 1.54) is 12.1 Å². The number of carbonyl (C=O) groups is 1. The topological polar surface area (TPSA) is 29.1 Å². The van der Waals surface area contributed by atoms with Crippen LogP contribution in [0, 0.1) is 12.7 Å². The number of nitrogens with one attached hydrogen (secondary N) is 1. The van der Waals surface area contributed by atoms with Crippen molar-refractivity contribution in [3.8, 4) is 0 Å². The van der Waals surface area contributed by atoms with Gasteiger partial charge in [-0.25, -0.2) is 4.39 Å². The number of rotatable bonds is 4. The zero-order chi connectivity index (χ0) is 12.0. The summed E-state index contributed by atoms with van der Waals surface area (Å²) in [5.41, 5.74) is 1.19. The van der Waals surface area contributed by atoms with E-state index >= 15 is 0 Å². The van der Waals surface area contributed by atoms with Gasteiger partial charge in [-0.3, -0.25) is 4.79 Å². The van der Waals surface area contributed by atoms with Gasteiger partial charge in [-0.05, 0) is 38.0 Å². The lowest BCUT2D eigenvalue weighted by Gasteiger charge is -2.06. The second-order valence-corrected chi connectivity index (χ2v) is 3.57. The molecule has 0 fully saturated rings. The average molecular weight is 221 g/mol. The maximum atomic E-state index is 13.0. The van der Waals surface area contributed by atoms with Crippen LogP contribution in [0.25, 0.3) is 0 Å². The molecule has 0 saturated carbocycles. The molecule has 0 aliphatic heterocycles. The van der Waals surface area contributed by atoms with Gasteiger partial charge in [0.1, 0.15) is 5.82 Å². The van der Waals surface area contributed by atoms with Gasteiger partial charge in [0.2, 0.25) is 0 Å². The summed E-state index contributed by atoms with van der Waals surface area (Å²) >= 11 is 0. The van der Waals surface area contributed by atoms with Gasteiger partial charge in [-0.15, -0.1) is 0 Å². The van der Waals surface area contributed by atoms with E-state index in [0.29, 0.717) is 12.1 Å². The van der Waals surface area contributed by atoms with Gasteiger partial charge >= 0.3 is 0 Å². The highest BCUT2D eigenvalue weighted by Crippen LogP contribution is 2.09. The highest BCUT2D eigenvalue weighted by Gasteiger charge is 2.08. The predicted octanol–water partition coefficient (Wildman–Crippen LogP) is 2.83. The van der Waals surface area contributed by atoms with Gasteiger partial charge in [0, 0.05) is 12.1 Å². The maximum absolute atomic E-state index is 13.0. The van der Waals surface area contributed by atoms with E-state index < -0.39 is 0 Å². The summed E-state index contributed by atoms with van der Waals surface area (Å²) in [6.07, 6.45) is 4.69. The predicted molar refractivity (Wildman–Crippen MR) is 62.9 cm³/mol. The molecule has 0 bridgehead atoms. The van der Waals surface area contributed by atoms with E-state index in [4.69, 9.17) is 0 Å². The third-order valence-corrected chi connectivity index (χ3v) is 2.28. The SMILES string of the molecule is C/C=C/CCNC(=O)c1cc(F)ccc1C. The van der Waals surface area contributed by atoms with Crippen LogP contribution >= 0.6 is 0 Å². The van der Waals surface area contributed by atoms with E-state index in [2.05, 4.69) is 5.32 Å². The second kappa shape index (κ2) is 6.05. The number of aryl methyl sites for hydroxylation is 1. The zero-order valence-corrected chi connectivity index (χ0v) is 9.59. The Morgan fingerprint density at radius 1 is 1.50 bits per heavy atom. The van der Waals surface area contributed by atoms with Gasteiger partial charge in [-0.1, -0.05) is 18.2 Å². The van der Waals surface area contributed by atoms with Gasteiger partial charge < -0.3 is 5.32 Å². The molecule has 0 saturated heterocycles. The van der Waals surface area contributed by atoms with Crippen molar-refractivity contribution < 1.29 is 9.18 Å². The largest absolute Gasteiger partial charge is 0.352 e. The first-order valence-electron chi connectivity index (χ1n) is 5.30. The summed E-state index contributed by atoms with van der Waals surface area (Å²) in [5, 5.41) is 2.74. The number of halogens is 1. The van der Waals surface area contributed by atoms with Crippen LogP contribution in [0.2, 0.25) is 0 Å². The van der Waals surface area contributed by atoms with Crippen molar-refractivity contribution in [3.05, 3.63) is 47.3 Å². The lowest BCUT2D eigenvalue weighted by atomic mass is 10.1. The molecule has 0 aromatic heterocycles. The van der Waals surface area contributed by atoms with Gasteiger partial charge in [0.25, 0.3) is 5.91 Å². The molecule has 16 heavy (non-hydrogen) atoms. The number of benzene rings is 1. The van der Waals surface area contributed by atoms with Crippen LogP contribution in [0.3, 0.4) is 0 Å². The molecular formula is C13H16FNO. The number of hydrogen-bond donors (Lipinski definition) is 1. The first-order valence-corrected chi connectivity index (χ1v) is 5.30. The molecule has 1 aromatic carbocycles. The summed E-state index contributed by atoms with van der Waals surface area (Å²) in [4.78, 5) is 11.7. The minimum Gasteiger partial charge on any atom is -0.352 e. The monoisotopic (exact) mass is 221 g/mol. The highest BCUT2D eigenvalue weighted by atomic mass is 19.1. The van der Waals surface area contributed by atoms with Crippen molar-refractivity contribution >= 4 is 5.91 Å². The van der Waals surface area contributed by atoms with E-state index in [-0.39, 0.29) is 11.7 Å². The van der Waals surface area contributed by atoms with Crippen LogP contribution in [0.4, 0.5) is 4.39 Å². The molecule has 3 heteroatoms. The van der Waals surface area contributed by atoms with Crippen molar-refractivity contribution in [2.24, 2.45) is 0 Å². The molecule has 2 nitrogen and oxygen atoms in total. The minimum atomic E-state index is -0.385. The van der Waals surface area contributed by atoms with Gasteiger partial charge in [0.05, 0.1) is 0 Å². The average Bonchev–Trinajstić information content (AvgIpc) is 2.27. The molecule has 1 aromatic rings. The van der Waals surface area contributed by atoms with E-state index in [1.54, 1.807) is 13.0 Å². The van der Waals surface area contributed by atoms with Crippen LogP contribution in [-0.4, -0.2) is 12.5 Å². The second-order valence-electron chi connectivity index (χ2n) is 3.57. The van der Waals surface area contributed by atoms with Crippen LogP contribution in [0.15, 0.2) is 30.4 Å². The minimum absolute atomic E-state index is 0.221. The molecule has 0 heterocycles. The van der Waals surface area contributed by atoms with Crippen molar-refractivity contribution in [1.29, 1.82) is 0 Å². The van der Waals surface area contributed by atoms with Gasteiger partial charge in [0.15, 0.2) is 0 Å². The van der Waals surface area contributed by atoms with Gasteiger partial charge in [-0.2, -0.15) is 0 Å². The summed E-state index contributed by atoms with van der Waals surface area (Å²) < 4.78 is 13.0. The molecule has 0 spiro atoms. The van der Waals surface area contributed by atoms with Crippen LogP contribution < -0.4 is 5.32 Å². The van der Waals surface area contributed by atoms with E-state index in [1.807, 2.05) is 19.1 Å². The molecule has 86 valence electrons. The lowest BCUT2D eigenvalue weighted by Crippen LogP contribution is -2.25. The Morgan fingerprint density at radius 2 is 2.25 bits per heavy atom. The summed E-state index contributed by atoms with van der Waals surface area (Å²) in [6.45, 7) is 4.29. The standard InChI is InChI=1S/C13H16FNO/c1-3-4-5-8-15-13(16)12-9-11(14)7-6-10(12)2/h3-4,6-7,9H,5,8H2,1-2H3,(H,15,16)/b4-3+. The number of carbonyl (C=O) groups excluding carboxylic acids is 1. The van der Waals surface area contributed by atoms with E-state index in [0.717, 1.165) is 12.0 Å². The zero-order valence-electron chi connectivity index (χ0n) is 9.59. The third kappa shape index (κ3) is 3.50.